The van der Waals surface area contributed by atoms with Crippen molar-refractivity contribution in [1.29, 1.82) is 5.41 Å². The predicted octanol–water partition coefficient (Wildman–Crippen LogP) is 0.688. The SMILES string of the molecule is N=C(N)C1OC=CC=C1F. The van der Waals surface area contributed by atoms with E-state index >= 15 is 0 Å². The maximum absolute atomic E-state index is 12.6. The van der Waals surface area contributed by atoms with Crippen LogP contribution in [0.3, 0.4) is 0 Å². The number of rotatable bonds is 1. The zero-order valence-corrected chi connectivity index (χ0v) is 5.17. The second-order valence-corrected chi connectivity index (χ2v) is 1.85. The molecular formula is C6H7FN2O. The molecule has 0 spiro atoms. The Morgan fingerprint density at radius 3 is 2.90 bits per heavy atom. The van der Waals surface area contributed by atoms with E-state index in [4.69, 9.17) is 11.1 Å². The van der Waals surface area contributed by atoms with Crippen LogP contribution in [0.1, 0.15) is 0 Å². The van der Waals surface area contributed by atoms with Crippen LogP contribution in [0.15, 0.2) is 24.2 Å². The highest BCUT2D eigenvalue weighted by molar-refractivity contribution is 5.84. The Hall–Kier alpha value is -1.32. The molecule has 10 heavy (non-hydrogen) atoms. The van der Waals surface area contributed by atoms with E-state index in [1.54, 1.807) is 0 Å². The number of ether oxygens (including phenoxy) is 1. The van der Waals surface area contributed by atoms with Crippen LogP contribution in [-0.2, 0) is 4.74 Å². The van der Waals surface area contributed by atoms with Crippen molar-refractivity contribution in [1.82, 2.24) is 0 Å². The van der Waals surface area contributed by atoms with Gasteiger partial charge in [0.1, 0.15) is 11.7 Å². The standard InChI is InChI=1S/C6H7FN2O/c7-4-2-1-3-10-5(4)6(8)9/h1-3,5H,(H3,8,9). The minimum absolute atomic E-state index is 0.321. The third kappa shape index (κ3) is 1.15. The molecule has 0 aliphatic carbocycles. The minimum Gasteiger partial charge on any atom is -0.483 e. The fourth-order valence-electron chi connectivity index (χ4n) is 0.629. The molecule has 54 valence electrons. The average Bonchev–Trinajstić information content (AvgIpc) is 1.88. The van der Waals surface area contributed by atoms with Crippen LogP contribution in [0.25, 0.3) is 0 Å². The fraction of sp³-hybridized carbons (Fsp3) is 0.167. The van der Waals surface area contributed by atoms with Gasteiger partial charge in [0.15, 0.2) is 0 Å². The summed E-state index contributed by atoms with van der Waals surface area (Å²) in [5.41, 5.74) is 5.00. The summed E-state index contributed by atoms with van der Waals surface area (Å²) >= 11 is 0. The van der Waals surface area contributed by atoms with Gasteiger partial charge < -0.3 is 10.5 Å². The van der Waals surface area contributed by atoms with E-state index in [2.05, 4.69) is 4.74 Å². The van der Waals surface area contributed by atoms with Gasteiger partial charge in [-0.2, -0.15) is 0 Å². The summed E-state index contributed by atoms with van der Waals surface area (Å²) in [6, 6.07) is 0. The molecule has 0 radical (unpaired) electrons. The second kappa shape index (κ2) is 2.51. The summed E-state index contributed by atoms with van der Waals surface area (Å²) in [5, 5.41) is 6.86. The molecule has 0 aromatic heterocycles. The van der Waals surface area contributed by atoms with Gasteiger partial charge in [-0.25, -0.2) is 4.39 Å². The van der Waals surface area contributed by atoms with Crippen LogP contribution in [0.2, 0.25) is 0 Å². The molecule has 0 bridgehead atoms. The molecule has 0 aromatic rings. The number of amidine groups is 1. The molecule has 4 heteroatoms. The van der Waals surface area contributed by atoms with E-state index in [0.717, 1.165) is 0 Å². The Labute approximate surface area is 57.5 Å². The zero-order chi connectivity index (χ0) is 7.56. The maximum atomic E-state index is 12.6. The molecule has 1 aliphatic rings. The van der Waals surface area contributed by atoms with Crippen molar-refractivity contribution in [3.63, 3.8) is 0 Å². The first-order chi connectivity index (χ1) is 4.72. The van der Waals surface area contributed by atoms with Gasteiger partial charge in [-0.05, 0) is 12.2 Å². The van der Waals surface area contributed by atoms with Gasteiger partial charge in [-0.1, -0.05) is 0 Å². The summed E-state index contributed by atoms with van der Waals surface area (Å²) in [6.45, 7) is 0. The van der Waals surface area contributed by atoms with Gasteiger partial charge in [0, 0.05) is 0 Å². The summed E-state index contributed by atoms with van der Waals surface area (Å²) in [7, 11) is 0. The first-order valence-corrected chi connectivity index (χ1v) is 2.73. The highest BCUT2D eigenvalue weighted by Gasteiger charge is 2.19. The van der Waals surface area contributed by atoms with E-state index < -0.39 is 11.9 Å². The molecule has 3 N–H and O–H groups in total. The Bertz CT molecular complexity index is 210. The molecule has 1 unspecified atom stereocenters. The Kier molecular flexibility index (Phi) is 1.71. The van der Waals surface area contributed by atoms with E-state index in [0.29, 0.717) is 0 Å². The molecule has 0 amide bonds. The Morgan fingerprint density at radius 1 is 1.80 bits per heavy atom. The lowest BCUT2D eigenvalue weighted by Crippen LogP contribution is -2.30. The molecule has 0 saturated carbocycles. The summed E-state index contributed by atoms with van der Waals surface area (Å²) in [6.07, 6.45) is 2.92. The van der Waals surface area contributed by atoms with Crippen molar-refractivity contribution >= 4 is 5.84 Å². The van der Waals surface area contributed by atoms with Gasteiger partial charge in [-0.15, -0.1) is 0 Å². The number of hydrogen-bond donors (Lipinski definition) is 2. The molecule has 1 atom stereocenters. The van der Waals surface area contributed by atoms with Crippen LogP contribution in [-0.4, -0.2) is 11.9 Å². The minimum atomic E-state index is -1.01. The summed E-state index contributed by atoms with van der Waals surface area (Å²) in [5.74, 6) is -0.854. The molecule has 1 heterocycles. The van der Waals surface area contributed by atoms with E-state index in [-0.39, 0.29) is 5.84 Å². The smallest absolute Gasteiger partial charge is 0.205 e. The van der Waals surface area contributed by atoms with Gasteiger partial charge >= 0.3 is 0 Å². The van der Waals surface area contributed by atoms with Gasteiger partial charge in [-0.3, -0.25) is 5.41 Å². The molecule has 3 nitrogen and oxygen atoms in total. The van der Waals surface area contributed by atoms with Gasteiger partial charge in [0.05, 0.1) is 6.26 Å². The van der Waals surface area contributed by atoms with Crippen LogP contribution in [0.5, 0.6) is 0 Å². The van der Waals surface area contributed by atoms with Crippen molar-refractivity contribution in [3.8, 4) is 0 Å². The van der Waals surface area contributed by atoms with Crippen LogP contribution in [0.4, 0.5) is 4.39 Å². The monoisotopic (exact) mass is 142 g/mol. The first-order valence-electron chi connectivity index (χ1n) is 2.73. The predicted molar refractivity (Wildman–Crippen MR) is 35.1 cm³/mol. The first kappa shape index (κ1) is 6.80. The number of allylic oxidation sites excluding steroid dienone is 2. The van der Waals surface area contributed by atoms with E-state index in [1.807, 2.05) is 0 Å². The molecule has 0 aromatic carbocycles. The topological polar surface area (TPSA) is 59.1 Å². The van der Waals surface area contributed by atoms with Crippen molar-refractivity contribution in [2.75, 3.05) is 0 Å². The highest BCUT2D eigenvalue weighted by Crippen LogP contribution is 2.12. The quantitative estimate of drug-likeness (QED) is 0.418. The number of nitrogens with two attached hydrogens (primary N) is 1. The zero-order valence-electron chi connectivity index (χ0n) is 5.17. The number of nitrogens with one attached hydrogen (secondary N) is 1. The molecule has 0 fully saturated rings. The van der Waals surface area contributed by atoms with E-state index in [1.165, 1.54) is 18.4 Å². The Balaban J connectivity index is 2.73. The van der Waals surface area contributed by atoms with Crippen LogP contribution in [0, 0.1) is 5.41 Å². The molecular weight excluding hydrogens is 135 g/mol. The average molecular weight is 142 g/mol. The largest absolute Gasteiger partial charge is 0.483 e. The molecule has 0 saturated heterocycles. The molecule has 1 rings (SSSR count). The van der Waals surface area contributed by atoms with Gasteiger partial charge in [0.2, 0.25) is 6.10 Å². The molecule has 1 aliphatic heterocycles. The Morgan fingerprint density at radius 2 is 2.50 bits per heavy atom. The van der Waals surface area contributed by atoms with Crippen molar-refractivity contribution in [2.24, 2.45) is 5.73 Å². The highest BCUT2D eigenvalue weighted by atomic mass is 19.1. The lowest BCUT2D eigenvalue weighted by atomic mass is 10.2. The normalized spacial score (nSPS) is 23.3. The van der Waals surface area contributed by atoms with Crippen LogP contribution < -0.4 is 5.73 Å². The lowest BCUT2D eigenvalue weighted by Gasteiger charge is -2.14. The summed E-state index contributed by atoms with van der Waals surface area (Å²) in [4.78, 5) is 0. The van der Waals surface area contributed by atoms with E-state index in [9.17, 15) is 4.39 Å². The van der Waals surface area contributed by atoms with Crippen LogP contribution >= 0.6 is 0 Å². The van der Waals surface area contributed by atoms with Crippen molar-refractivity contribution in [2.45, 2.75) is 6.10 Å². The maximum Gasteiger partial charge on any atom is 0.205 e. The fourth-order valence-corrected chi connectivity index (χ4v) is 0.629. The van der Waals surface area contributed by atoms with Crippen molar-refractivity contribution in [3.05, 3.63) is 24.2 Å². The second-order valence-electron chi connectivity index (χ2n) is 1.85. The third-order valence-corrected chi connectivity index (χ3v) is 1.08. The summed E-state index contributed by atoms with van der Waals surface area (Å²) < 4.78 is 17.2. The van der Waals surface area contributed by atoms with Crippen molar-refractivity contribution < 1.29 is 9.13 Å². The lowest BCUT2D eigenvalue weighted by molar-refractivity contribution is 0.201. The number of halogens is 1. The number of hydrogen-bond acceptors (Lipinski definition) is 2. The van der Waals surface area contributed by atoms with Gasteiger partial charge in [0.25, 0.3) is 0 Å². The third-order valence-electron chi connectivity index (χ3n) is 1.08.